The zero-order chi connectivity index (χ0) is 18.4. The van der Waals surface area contributed by atoms with E-state index >= 15 is 0 Å². The molecule has 1 N–H and O–H groups in total. The Morgan fingerprint density at radius 2 is 1.69 bits per heavy atom. The van der Waals surface area contributed by atoms with Gasteiger partial charge in [0.05, 0.1) is 6.54 Å². The Hall–Kier alpha value is -2.85. The lowest BCUT2D eigenvalue weighted by atomic mass is 10.1. The van der Waals surface area contributed by atoms with Crippen molar-refractivity contribution in [1.29, 1.82) is 0 Å². The molecule has 0 radical (unpaired) electrons. The number of carboxylic acid groups (broad SMARTS) is 1. The molecule has 0 aliphatic rings. The van der Waals surface area contributed by atoms with Gasteiger partial charge in [0, 0.05) is 13.0 Å². The molecule has 0 saturated heterocycles. The second kappa shape index (κ2) is 8.50. The van der Waals surface area contributed by atoms with Crippen LogP contribution < -0.4 is 4.74 Å². The van der Waals surface area contributed by atoms with Gasteiger partial charge in [0.25, 0.3) is 0 Å². The number of hydrogen-bond acceptors (Lipinski definition) is 3. The summed E-state index contributed by atoms with van der Waals surface area (Å²) in [4.78, 5) is 12.7. The molecule has 0 aliphatic carbocycles. The van der Waals surface area contributed by atoms with Gasteiger partial charge >= 0.3 is 5.97 Å². The summed E-state index contributed by atoms with van der Waals surface area (Å²) in [5, 5.41) is 11.2. The second-order valence-corrected chi connectivity index (χ2v) is 6.45. The topological polar surface area (TPSA) is 49.8 Å². The average molecular weight is 349 g/mol. The Morgan fingerprint density at radius 1 is 1.00 bits per heavy atom. The lowest BCUT2D eigenvalue weighted by molar-refractivity contribution is -0.138. The monoisotopic (exact) mass is 349 g/mol. The molecule has 26 heavy (non-hydrogen) atoms. The van der Waals surface area contributed by atoms with Gasteiger partial charge in [0.2, 0.25) is 0 Å². The normalized spacial score (nSPS) is 12.2. The number of likely N-dealkylation sites (N-methyl/N-ethyl adjacent to an activating group) is 1. The Labute approximate surface area is 153 Å². The molecular weight excluding hydrogens is 326 g/mol. The summed E-state index contributed by atoms with van der Waals surface area (Å²) >= 11 is 0. The van der Waals surface area contributed by atoms with Gasteiger partial charge in [-0.3, -0.25) is 9.69 Å². The lowest BCUT2D eigenvalue weighted by Gasteiger charge is -2.22. The molecule has 4 heteroatoms. The zero-order valence-electron chi connectivity index (χ0n) is 14.8. The molecular formula is C22H23NO3. The van der Waals surface area contributed by atoms with E-state index in [0.29, 0.717) is 13.0 Å². The summed E-state index contributed by atoms with van der Waals surface area (Å²) in [6.45, 7) is 0.664. The molecule has 0 bridgehead atoms. The highest BCUT2D eigenvalue weighted by atomic mass is 16.5. The molecule has 3 rings (SSSR count). The van der Waals surface area contributed by atoms with Gasteiger partial charge in [-0.25, -0.2) is 0 Å². The van der Waals surface area contributed by atoms with Crippen LogP contribution in [-0.4, -0.2) is 36.1 Å². The fourth-order valence-corrected chi connectivity index (χ4v) is 3.01. The van der Waals surface area contributed by atoms with E-state index in [-0.39, 0.29) is 12.6 Å². The van der Waals surface area contributed by atoms with Crippen LogP contribution >= 0.6 is 0 Å². The SMILES string of the molecule is CN(CCC(Oc1ccc2ccccc2c1)c1ccccc1)CC(=O)O. The molecule has 0 fully saturated rings. The molecule has 0 aliphatic heterocycles. The summed E-state index contributed by atoms with van der Waals surface area (Å²) in [5.41, 5.74) is 1.09. The van der Waals surface area contributed by atoms with Crippen molar-refractivity contribution in [3.8, 4) is 5.75 Å². The zero-order valence-corrected chi connectivity index (χ0v) is 14.8. The van der Waals surface area contributed by atoms with Crippen LogP contribution in [0.3, 0.4) is 0 Å². The fourth-order valence-electron chi connectivity index (χ4n) is 3.01. The first-order valence-electron chi connectivity index (χ1n) is 8.72. The summed E-state index contributed by atoms with van der Waals surface area (Å²) in [6.07, 6.45) is 0.578. The van der Waals surface area contributed by atoms with Crippen LogP contribution in [0.2, 0.25) is 0 Å². The van der Waals surface area contributed by atoms with Crippen molar-refractivity contribution in [1.82, 2.24) is 4.90 Å². The van der Waals surface area contributed by atoms with Crippen LogP contribution in [0.1, 0.15) is 18.1 Å². The van der Waals surface area contributed by atoms with E-state index in [4.69, 9.17) is 9.84 Å². The predicted molar refractivity (Wildman–Crippen MR) is 104 cm³/mol. The highest BCUT2D eigenvalue weighted by Gasteiger charge is 2.15. The van der Waals surface area contributed by atoms with Crippen LogP contribution in [0, 0.1) is 0 Å². The average Bonchev–Trinajstić information content (AvgIpc) is 2.65. The Bertz CT molecular complexity index is 863. The number of hydrogen-bond donors (Lipinski definition) is 1. The first-order valence-corrected chi connectivity index (χ1v) is 8.72. The minimum absolute atomic E-state index is 0.0253. The van der Waals surface area contributed by atoms with Gasteiger partial charge in [-0.05, 0) is 35.5 Å². The van der Waals surface area contributed by atoms with E-state index in [1.165, 1.54) is 5.39 Å². The molecule has 0 amide bonds. The molecule has 1 unspecified atom stereocenters. The number of nitrogens with zero attached hydrogens (tertiary/aromatic N) is 1. The number of rotatable bonds is 8. The molecule has 3 aromatic carbocycles. The third kappa shape index (κ3) is 4.83. The first kappa shape index (κ1) is 18.0. The van der Waals surface area contributed by atoms with Gasteiger partial charge in [-0.1, -0.05) is 60.7 Å². The number of carboxylic acids is 1. The van der Waals surface area contributed by atoms with Crippen LogP contribution in [0.25, 0.3) is 10.8 Å². The highest BCUT2D eigenvalue weighted by molar-refractivity contribution is 5.83. The fraction of sp³-hybridized carbons (Fsp3) is 0.227. The Morgan fingerprint density at radius 3 is 2.42 bits per heavy atom. The van der Waals surface area contributed by atoms with Crippen molar-refractivity contribution in [3.05, 3.63) is 78.4 Å². The maximum absolute atomic E-state index is 10.9. The van der Waals surface area contributed by atoms with Crippen molar-refractivity contribution in [2.45, 2.75) is 12.5 Å². The van der Waals surface area contributed by atoms with Gasteiger partial charge in [-0.15, -0.1) is 0 Å². The van der Waals surface area contributed by atoms with E-state index < -0.39 is 5.97 Å². The predicted octanol–water partition coefficient (Wildman–Crippen LogP) is 4.37. The largest absolute Gasteiger partial charge is 0.486 e. The number of fused-ring (bicyclic) bond motifs is 1. The molecule has 4 nitrogen and oxygen atoms in total. The Balaban J connectivity index is 1.77. The molecule has 134 valence electrons. The van der Waals surface area contributed by atoms with Crippen LogP contribution in [0.4, 0.5) is 0 Å². The summed E-state index contributed by atoms with van der Waals surface area (Å²) in [5.74, 6) is -0.00218. The number of benzene rings is 3. The van der Waals surface area contributed by atoms with Gasteiger partial charge in [-0.2, -0.15) is 0 Å². The number of aliphatic carboxylic acids is 1. The second-order valence-electron chi connectivity index (χ2n) is 6.45. The van der Waals surface area contributed by atoms with Gasteiger partial charge in [0.1, 0.15) is 11.9 Å². The quantitative estimate of drug-likeness (QED) is 0.656. The van der Waals surface area contributed by atoms with Gasteiger partial charge < -0.3 is 9.84 Å². The molecule has 1 atom stereocenters. The summed E-state index contributed by atoms with van der Waals surface area (Å²) in [7, 11) is 1.81. The highest BCUT2D eigenvalue weighted by Crippen LogP contribution is 2.27. The number of carbonyl (C=O) groups is 1. The molecule has 3 aromatic rings. The van der Waals surface area contributed by atoms with Crippen molar-refractivity contribution in [3.63, 3.8) is 0 Å². The standard InChI is InChI=1S/C22H23NO3/c1-23(16-22(24)25)14-13-21(18-8-3-2-4-9-18)26-20-12-11-17-7-5-6-10-19(17)15-20/h2-12,15,21H,13-14,16H2,1H3,(H,24,25). The first-order chi connectivity index (χ1) is 12.6. The number of ether oxygens (including phenoxy) is 1. The minimum Gasteiger partial charge on any atom is -0.486 e. The third-order valence-electron chi connectivity index (χ3n) is 4.35. The van der Waals surface area contributed by atoms with Crippen molar-refractivity contribution in [2.75, 3.05) is 20.1 Å². The van der Waals surface area contributed by atoms with Gasteiger partial charge in [0.15, 0.2) is 0 Å². The van der Waals surface area contributed by atoms with Crippen LogP contribution in [0.15, 0.2) is 72.8 Å². The molecule has 0 heterocycles. The summed E-state index contributed by atoms with van der Waals surface area (Å²) < 4.78 is 6.29. The molecule has 0 aromatic heterocycles. The van der Waals surface area contributed by atoms with Crippen molar-refractivity contribution in [2.24, 2.45) is 0 Å². The third-order valence-corrected chi connectivity index (χ3v) is 4.35. The minimum atomic E-state index is -0.820. The van der Waals surface area contributed by atoms with E-state index in [9.17, 15) is 4.79 Å². The van der Waals surface area contributed by atoms with E-state index in [1.54, 1.807) is 4.90 Å². The van der Waals surface area contributed by atoms with Crippen LogP contribution in [-0.2, 0) is 4.79 Å². The molecule has 0 spiro atoms. The summed E-state index contributed by atoms with van der Waals surface area (Å²) in [6, 6.07) is 24.3. The smallest absolute Gasteiger partial charge is 0.317 e. The molecule has 0 saturated carbocycles. The van der Waals surface area contributed by atoms with E-state index in [2.05, 4.69) is 18.2 Å². The maximum atomic E-state index is 10.9. The van der Waals surface area contributed by atoms with Crippen LogP contribution in [0.5, 0.6) is 5.75 Å². The van der Waals surface area contributed by atoms with E-state index in [0.717, 1.165) is 16.7 Å². The van der Waals surface area contributed by atoms with E-state index in [1.807, 2.05) is 61.6 Å². The maximum Gasteiger partial charge on any atom is 0.317 e. The van der Waals surface area contributed by atoms with Crippen molar-refractivity contribution < 1.29 is 14.6 Å². The Kier molecular flexibility index (Phi) is 5.87. The lowest BCUT2D eigenvalue weighted by Crippen LogP contribution is -2.28. The van der Waals surface area contributed by atoms with Crippen molar-refractivity contribution >= 4 is 16.7 Å².